The molecule has 0 bridgehead atoms. The Kier molecular flexibility index (Phi) is 7.35. The lowest BCUT2D eigenvalue weighted by molar-refractivity contribution is 0.0735. The molecule has 2 fully saturated rings. The van der Waals surface area contributed by atoms with Gasteiger partial charge < -0.3 is 9.80 Å². The average Bonchev–Trinajstić information content (AvgIpc) is 2.72. The average molecular weight is 312 g/mol. The third-order valence-corrected chi connectivity index (χ3v) is 4.84. The Hall–Kier alpha value is -0.120. The van der Waals surface area contributed by atoms with Gasteiger partial charge in [0, 0.05) is 38.3 Å². The summed E-state index contributed by atoms with van der Waals surface area (Å²) in [5, 5.41) is 0. The molecule has 0 aromatic heterocycles. The largest absolute Gasteiger partial charge is 0.306 e. The zero-order valence-corrected chi connectivity index (χ0v) is 16.6. The first-order chi connectivity index (χ1) is 9.97. The van der Waals surface area contributed by atoms with Crippen molar-refractivity contribution in [2.75, 3.05) is 53.4 Å². The molecule has 2 heterocycles. The first-order valence-electron chi connectivity index (χ1n) is 9.09. The van der Waals surface area contributed by atoms with Crippen molar-refractivity contribution in [3.63, 3.8) is 0 Å². The Labute approximate surface area is 140 Å². The standard InChI is InChI=1S/C10H21N.C9H20N2/c1-10(2,3)7-9-5-6-11(4)8-9;1-9(2,3)11-7-5-10(4)6-8-11/h9H,5-8H2,1-4H3;5-8H2,1-4H3. The van der Waals surface area contributed by atoms with Gasteiger partial charge in [-0.05, 0) is 65.6 Å². The Morgan fingerprint density at radius 3 is 1.68 bits per heavy atom. The fraction of sp³-hybridized carbons (Fsp3) is 1.00. The lowest BCUT2D eigenvalue weighted by Crippen LogP contribution is -2.52. The second kappa shape index (κ2) is 8.12. The third kappa shape index (κ3) is 7.94. The lowest BCUT2D eigenvalue weighted by atomic mass is 9.84. The van der Waals surface area contributed by atoms with Gasteiger partial charge in [-0.3, -0.25) is 4.90 Å². The SMILES string of the molecule is CN1CCC(CC(C)(C)C)C1.CN1CCN(C(C)(C)C)CC1. The van der Waals surface area contributed by atoms with Crippen LogP contribution in [0.15, 0.2) is 0 Å². The van der Waals surface area contributed by atoms with Crippen LogP contribution in [0.5, 0.6) is 0 Å². The van der Waals surface area contributed by atoms with Crippen molar-refractivity contribution in [1.82, 2.24) is 14.7 Å². The van der Waals surface area contributed by atoms with Gasteiger partial charge >= 0.3 is 0 Å². The summed E-state index contributed by atoms with van der Waals surface area (Å²) in [5.74, 6) is 0.958. The summed E-state index contributed by atoms with van der Waals surface area (Å²) >= 11 is 0. The molecule has 0 saturated carbocycles. The van der Waals surface area contributed by atoms with Crippen molar-refractivity contribution in [3.05, 3.63) is 0 Å². The number of nitrogens with zero attached hydrogens (tertiary/aromatic N) is 3. The van der Waals surface area contributed by atoms with Gasteiger partial charge in [0.05, 0.1) is 0 Å². The number of likely N-dealkylation sites (N-methyl/N-ethyl adjacent to an activating group) is 1. The Balaban J connectivity index is 0.000000220. The minimum atomic E-state index is 0.362. The number of hydrogen-bond acceptors (Lipinski definition) is 3. The number of rotatable bonds is 1. The fourth-order valence-corrected chi connectivity index (χ4v) is 3.54. The first kappa shape index (κ1) is 19.9. The van der Waals surface area contributed by atoms with Crippen molar-refractivity contribution < 1.29 is 0 Å². The van der Waals surface area contributed by atoms with E-state index in [9.17, 15) is 0 Å². The summed E-state index contributed by atoms with van der Waals surface area (Å²) in [4.78, 5) is 7.38. The molecule has 0 aliphatic carbocycles. The zero-order valence-electron chi connectivity index (χ0n) is 16.6. The molecule has 0 aromatic carbocycles. The van der Waals surface area contributed by atoms with E-state index in [4.69, 9.17) is 0 Å². The van der Waals surface area contributed by atoms with Gasteiger partial charge in [-0.2, -0.15) is 0 Å². The van der Waals surface area contributed by atoms with Crippen LogP contribution < -0.4 is 0 Å². The molecular weight excluding hydrogens is 270 g/mol. The van der Waals surface area contributed by atoms with Crippen molar-refractivity contribution in [2.24, 2.45) is 11.3 Å². The molecule has 1 unspecified atom stereocenters. The minimum absolute atomic E-state index is 0.362. The molecule has 1 atom stereocenters. The van der Waals surface area contributed by atoms with Gasteiger partial charge in [0.25, 0.3) is 0 Å². The van der Waals surface area contributed by atoms with Crippen LogP contribution in [0.2, 0.25) is 0 Å². The Morgan fingerprint density at radius 1 is 0.773 bits per heavy atom. The van der Waals surface area contributed by atoms with Crippen LogP contribution in [-0.2, 0) is 0 Å². The molecule has 2 saturated heterocycles. The number of likely N-dealkylation sites (tertiary alicyclic amines) is 1. The van der Waals surface area contributed by atoms with Crippen LogP contribution in [0, 0.1) is 11.3 Å². The smallest absolute Gasteiger partial charge is 0.0126 e. The number of piperazine rings is 1. The molecule has 22 heavy (non-hydrogen) atoms. The van der Waals surface area contributed by atoms with E-state index in [-0.39, 0.29) is 0 Å². The Morgan fingerprint density at radius 2 is 1.32 bits per heavy atom. The maximum absolute atomic E-state index is 2.55. The van der Waals surface area contributed by atoms with Gasteiger partial charge in [-0.25, -0.2) is 0 Å². The topological polar surface area (TPSA) is 9.72 Å². The van der Waals surface area contributed by atoms with Crippen molar-refractivity contribution in [1.29, 1.82) is 0 Å². The Bertz CT molecular complexity index is 306. The minimum Gasteiger partial charge on any atom is -0.306 e. The van der Waals surface area contributed by atoms with Gasteiger partial charge in [0.15, 0.2) is 0 Å². The molecule has 0 amide bonds. The van der Waals surface area contributed by atoms with Crippen LogP contribution in [0.4, 0.5) is 0 Å². The summed E-state index contributed by atoms with van der Waals surface area (Å²) in [7, 11) is 4.42. The van der Waals surface area contributed by atoms with E-state index in [1.165, 1.54) is 52.1 Å². The summed E-state index contributed by atoms with van der Waals surface area (Å²) in [6, 6.07) is 0. The normalized spacial score (nSPS) is 25.9. The van der Waals surface area contributed by atoms with Gasteiger partial charge in [-0.1, -0.05) is 20.8 Å². The molecule has 3 nitrogen and oxygen atoms in total. The van der Waals surface area contributed by atoms with Crippen molar-refractivity contribution >= 4 is 0 Å². The van der Waals surface area contributed by atoms with Crippen LogP contribution in [0.25, 0.3) is 0 Å². The van der Waals surface area contributed by atoms with Gasteiger partial charge in [0.1, 0.15) is 0 Å². The van der Waals surface area contributed by atoms with Gasteiger partial charge in [-0.15, -0.1) is 0 Å². The van der Waals surface area contributed by atoms with Crippen LogP contribution in [-0.4, -0.2) is 73.6 Å². The van der Waals surface area contributed by atoms with Crippen LogP contribution in [0.1, 0.15) is 54.4 Å². The molecule has 3 heteroatoms. The van der Waals surface area contributed by atoms with Crippen molar-refractivity contribution in [2.45, 2.75) is 59.9 Å². The molecule has 0 spiro atoms. The van der Waals surface area contributed by atoms with Crippen LogP contribution >= 0.6 is 0 Å². The predicted octanol–water partition coefficient (Wildman–Crippen LogP) is 3.41. The second-order valence-corrected chi connectivity index (χ2v) is 9.64. The summed E-state index contributed by atoms with van der Waals surface area (Å²) < 4.78 is 0. The fourth-order valence-electron chi connectivity index (χ4n) is 3.54. The maximum atomic E-state index is 2.55. The number of hydrogen-bond donors (Lipinski definition) is 0. The summed E-state index contributed by atoms with van der Waals surface area (Å²) in [5.41, 5.74) is 0.886. The highest BCUT2D eigenvalue weighted by Crippen LogP contribution is 2.29. The monoisotopic (exact) mass is 311 g/mol. The molecular formula is C19H41N3. The van der Waals surface area contributed by atoms with E-state index in [1.54, 1.807) is 0 Å². The first-order valence-corrected chi connectivity index (χ1v) is 9.09. The molecule has 2 aliphatic heterocycles. The summed E-state index contributed by atoms with van der Waals surface area (Å²) in [6.07, 6.45) is 2.80. The van der Waals surface area contributed by atoms with Gasteiger partial charge in [0.2, 0.25) is 0 Å². The van der Waals surface area contributed by atoms with Crippen molar-refractivity contribution in [3.8, 4) is 0 Å². The molecule has 2 rings (SSSR count). The van der Waals surface area contributed by atoms with E-state index >= 15 is 0 Å². The third-order valence-electron chi connectivity index (χ3n) is 4.84. The highest BCUT2D eigenvalue weighted by molar-refractivity contribution is 4.80. The maximum Gasteiger partial charge on any atom is 0.0126 e. The van der Waals surface area contributed by atoms with E-state index < -0.39 is 0 Å². The van der Waals surface area contributed by atoms with E-state index in [0.717, 1.165) is 5.92 Å². The van der Waals surface area contributed by atoms with E-state index in [0.29, 0.717) is 11.0 Å². The molecule has 0 aromatic rings. The molecule has 0 radical (unpaired) electrons. The van der Waals surface area contributed by atoms with E-state index in [2.05, 4.69) is 70.3 Å². The molecule has 2 aliphatic rings. The van der Waals surface area contributed by atoms with E-state index in [1.807, 2.05) is 0 Å². The summed E-state index contributed by atoms with van der Waals surface area (Å²) in [6.45, 7) is 21.4. The lowest BCUT2D eigenvalue weighted by Gasteiger charge is -2.41. The molecule has 0 N–H and O–H groups in total. The van der Waals surface area contributed by atoms with Crippen LogP contribution in [0.3, 0.4) is 0 Å². The predicted molar refractivity (Wildman–Crippen MR) is 98.5 cm³/mol. The second-order valence-electron chi connectivity index (χ2n) is 9.64. The zero-order chi connectivity index (χ0) is 17.0. The quantitative estimate of drug-likeness (QED) is 0.735. The molecule has 132 valence electrons. The highest BCUT2D eigenvalue weighted by Gasteiger charge is 2.24. The highest BCUT2D eigenvalue weighted by atomic mass is 15.3.